The lowest BCUT2D eigenvalue weighted by molar-refractivity contribution is 0.0718. The fourth-order valence-corrected chi connectivity index (χ4v) is 5.05. The molecule has 5 heteroatoms. The zero-order valence-corrected chi connectivity index (χ0v) is 16.3. The fraction of sp³-hybridized carbons (Fsp3) is 0.217. The Morgan fingerprint density at radius 1 is 1.04 bits per heavy atom. The molecule has 0 atom stereocenters. The SMILES string of the molecule is O=C(c1ccc(-c2ccccc2)s1)N1CCC(c2c[nH]c3ncccc23)CC1. The van der Waals surface area contributed by atoms with E-state index >= 15 is 0 Å². The number of nitrogens with one attached hydrogen (secondary N) is 1. The monoisotopic (exact) mass is 387 g/mol. The molecule has 1 N–H and O–H groups in total. The molecule has 1 fully saturated rings. The second-order valence-electron chi connectivity index (χ2n) is 7.24. The van der Waals surface area contributed by atoms with Gasteiger partial charge in [-0.25, -0.2) is 4.98 Å². The molecule has 1 aliphatic heterocycles. The van der Waals surface area contributed by atoms with Crippen LogP contribution in [0.3, 0.4) is 0 Å². The number of amides is 1. The van der Waals surface area contributed by atoms with E-state index in [4.69, 9.17) is 0 Å². The molecule has 140 valence electrons. The van der Waals surface area contributed by atoms with E-state index in [1.165, 1.54) is 16.5 Å². The second-order valence-corrected chi connectivity index (χ2v) is 8.32. The first-order chi connectivity index (χ1) is 13.8. The van der Waals surface area contributed by atoms with Gasteiger partial charge in [0, 0.05) is 35.7 Å². The number of benzene rings is 1. The zero-order valence-electron chi connectivity index (χ0n) is 15.5. The number of nitrogens with zero attached hydrogens (tertiary/aromatic N) is 2. The summed E-state index contributed by atoms with van der Waals surface area (Å²) >= 11 is 1.58. The van der Waals surface area contributed by atoms with Crippen LogP contribution in [0.2, 0.25) is 0 Å². The van der Waals surface area contributed by atoms with Crippen LogP contribution in [0.25, 0.3) is 21.5 Å². The summed E-state index contributed by atoms with van der Waals surface area (Å²) in [6.45, 7) is 1.60. The topological polar surface area (TPSA) is 49.0 Å². The van der Waals surface area contributed by atoms with E-state index < -0.39 is 0 Å². The first-order valence-corrected chi connectivity index (χ1v) is 10.5. The molecule has 0 unspecified atom stereocenters. The minimum absolute atomic E-state index is 0.159. The van der Waals surface area contributed by atoms with Crippen molar-refractivity contribution in [2.45, 2.75) is 18.8 Å². The van der Waals surface area contributed by atoms with Crippen molar-refractivity contribution in [3.8, 4) is 10.4 Å². The van der Waals surface area contributed by atoms with Crippen molar-refractivity contribution >= 4 is 28.3 Å². The van der Waals surface area contributed by atoms with Gasteiger partial charge in [-0.2, -0.15) is 0 Å². The minimum Gasteiger partial charge on any atom is -0.346 e. The summed E-state index contributed by atoms with van der Waals surface area (Å²) in [6.07, 6.45) is 5.88. The summed E-state index contributed by atoms with van der Waals surface area (Å²) in [7, 11) is 0. The molecule has 5 rings (SSSR count). The van der Waals surface area contributed by atoms with Gasteiger partial charge in [0.1, 0.15) is 5.65 Å². The zero-order chi connectivity index (χ0) is 18.9. The van der Waals surface area contributed by atoms with Crippen LogP contribution in [-0.2, 0) is 0 Å². The van der Waals surface area contributed by atoms with Gasteiger partial charge in [-0.3, -0.25) is 4.79 Å². The van der Waals surface area contributed by atoms with E-state index in [1.807, 2.05) is 41.4 Å². The van der Waals surface area contributed by atoms with Crippen molar-refractivity contribution in [3.63, 3.8) is 0 Å². The van der Waals surface area contributed by atoms with Gasteiger partial charge in [0.2, 0.25) is 0 Å². The van der Waals surface area contributed by atoms with Crippen molar-refractivity contribution in [1.82, 2.24) is 14.9 Å². The maximum atomic E-state index is 13.0. The largest absolute Gasteiger partial charge is 0.346 e. The van der Waals surface area contributed by atoms with Crippen molar-refractivity contribution in [3.05, 3.63) is 77.4 Å². The lowest BCUT2D eigenvalue weighted by atomic mass is 9.89. The molecule has 0 radical (unpaired) electrons. The van der Waals surface area contributed by atoms with Crippen molar-refractivity contribution in [2.24, 2.45) is 0 Å². The number of rotatable bonds is 3. The third kappa shape index (κ3) is 3.12. The van der Waals surface area contributed by atoms with Gasteiger partial charge in [0.15, 0.2) is 0 Å². The number of carbonyl (C=O) groups is 1. The molecule has 28 heavy (non-hydrogen) atoms. The number of aromatic amines is 1. The standard InChI is InChI=1S/C23H21N3OS/c27-23(21-9-8-20(28-21)17-5-2-1-3-6-17)26-13-10-16(11-14-26)19-15-25-22-18(19)7-4-12-24-22/h1-9,12,15-16H,10-11,13-14H2,(H,24,25). The molecular formula is C23H21N3OS. The highest BCUT2D eigenvalue weighted by atomic mass is 32.1. The Labute approximate surface area is 167 Å². The third-order valence-corrected chi connectivity index (χ3v) is 6.70. The van der Waals surface area contributed by atoms with E-state index in [1.54, 1.807) is 11.3 Å². The Kier molecular flexibility index (Phi) is 4.45. The van der Waals surface area contributed by atoms with Crippen LogP contribution in [0.4, 0.5) is 0 Å². The second kappa shape index (κ2) is 7.24. The Hall–Kier alpha value is -2.92. The molecular weight excluding hydrogens is 366 g/mol. The molecule has 0 bridgehead atoms. The number of aromatic nitrogens is 2. The van der Waals surface area contributed by atoms with E-state index in [0.717, 1.165) is 41.3 Å². The van der Waals surface area contributed by atoms with Gasteiger partial charge in [0.25, 0.3) is 5.91 Å². The van der Waals surface area contributed by atoms with Crippen LogP contribution in [0.1, 0.15) is 34.0 Å². The maximum Gasteiger partial charge on any atom is 0.263 e. The van der Waals surface area contributed by atoms with Gasteiger partial charge in [0.05, 0.1) is 4.88 Å². The normalized spacial score (nSPS) is 15.2. The van der Waals surface area contributed by atoms with Crippen LogP contribution in [0, 0.1) is 0 Å². The third-order valence-electron chi connectivity index (χ3n) is 5.58. The Morgan fingerprint density at radius 3 is 2.68 bits per heavy atom. The molecule has 4 nitrogen and oxygen atoms in total. The average Bonchev–Trinajstić information content (AvgIpc) is 3.42. The molecule has 1 amide bonds. The number of piperidine rings is 1. The smallest absolute Gasteiger partial charge is 0.263 e. The highest BCUT2D eigenvalue weighted by Gasteiger charge is 2.27. The number of likely N-dealkylation sites (tertiary alicyclic amines) is 1. The van der Waals surface area contributed by atoms with E-state index in [-0.39, 0.29) is 5.91 Å². The predicted molar refractivity (Wildman–Crippen MR) is 114 cm³/mol. The van der Waals surface area contributed by atoms with E-state index in [2.05, 4.69) is 40.4 Å². The Balaban J connectivity index is 1.28. The first kappa shape index (κ1) is 17.2. The highest BCUT2D eigenvalue weighted by Crippen LogP contribution is 2.34. The molecule has 4 aromatic rings. The minimum atomic E-state index is 0.159. The number of hydrogen-bond acceptors (Lipinski definition) is 3. The van der Waals surface area contributed by atoms with Crippen LogP contribution < -0.4 is 0 Å². The predicted octanol–water partition coefficient (Wildman–Crippen LogP) is 5.31. The van der Waals surface area contributed by atoms with Crippen LogP contribution in [0.15, 0.2) is 67.0 Å². The van der Waals surface area contributed by atoms with E-state index in [0.29, 0.717) is 5.92 Å². The number of pyridine rings is 1. The number of fused-ring (bicyclic) bond motifs is 1. The van der Waals surface area contributed by atoms with Gasteiger partial charge in [-0.05, 0) is 54.2 Å². The first-order valence-electron chi connectivity index (χ1n) is 9.66. The van der Waals surface area contributed by atoms with Gasteiger partial charge in [-0.1, -0.05) is 30.3 Å². The number of carbonyl (C=O) groups excluding carboxylic acids is 1. The van der Waals surface area contributed by atoms with Crippen molar-refractivity contribution in [2.75, 3.05) is 13.1 Å². The number of hydrogen-bond donors (Lipinski definition) is 1. The highest BCUT2D eigenvalue weighted by molar-refractivity contribution is 7.17. The summed E-state index contributed by atoms with van der Waals surface area (Å²) in [5.41, 5.74) is 3.44. The molecule has 1 aromatic carbocycles. The summed E-state index contributed by atoms with van der Waals surface area (Å²) < 4.78 is 0. The average molecular weight is 388 g/mol. The van der Waals surface area contributed by atoms with Crippen LogP contribution >= 0.6 is 11.3 Å². The van der Waals surface area contributed by atoms with Crippen LogP contribution in [0.5, 0.6) is 0 Å². The maximum absolute atomic E-state index is 13.0. The lowest BCUT2D eigenvalue weighted by Gasteiger charge is -2.31. The summed E-state index contributed by atoms with van der Waals surface area (Å²) in [5.74, 6) is 0.636. The lowest BCUT2D eigenvalue weighted by Crippen LogP contribution is -2.37. The molecule has 3 aromatic heterocycles. The summed E-state index contributed by atoms with van der Waals surface area (Å²) in [4.78, 5) is 24.6. The van der Waals surface area contributed by atoms with Gasteiger partial charge >= 0.3 is 0 Å². The Bertz CT molecular complexity index is 1110. The number of H-pyrrole nitrogens is 1. The molecule has 4 heterocycles. The molecule has 1 saturated heterocycles. The summed E-state index contributed by atoms with van der Waals surface area (Å²) in [6, 6.07) is 18.4. The molecule has 0 aliphatic carbocycles. The van der Waals surface area contributed by atoms with Gasteiger partial charge in [-0.15, -0.1) is 11.3 Å². The quantitative estimate of drug-likeness (QED) is 0.518. The van der Waals surface area contributed by atoms with Gasteiger partial charge < -0.3 is 9.88 Å². The van der Waals surface area contributed by atoms with Crippen molar-refractivity contribution < 1.29 is 4.79 Å². The van der Waals surface area contributed by atoms with Crippen LogP contribution in [-0.4, -0.2) is 33.9 Å². The Morgan fingerprint density at radius 2 is 1.86 bits per heavy atom. The molecule has 0 saturated carbocycles. The molecule has 0 spiro atoms. The van der Waals surface area contributed by atoms with E-state index in [9.17, 15) is 4.79 Å². The molecule has 1 aliphatic rings. The number of thiophene rings is 1. The fourth-order valence-electron chi connectivity index (χ4n) is 4.07. The summed E-state index contributed by atoms with van der Waals surface area (Å²) in [5, 5.41) is 1.21. The van der Waals surface area contributed by atoms with Crippen molar-refractivity contribution in [1.29, 1.82) is 0 Å².